The lowest BCUT2D eigenvalue weighted by molar-refractivity contribution is -0.226. The van der Waals surface area contributed by atoms with Gasteiger partial charge >= 0.3 is 0 Å². The Hall–Kier alpha value is -0.690. The van der Waals surface area contributed by atoms with E-state index >= 15 is 0 Å². The Kier molecular flexibility index (Phi) is 4.04. The summed E-state index contributed by atoms with van der Waals surface area (Å²) < 4.78 is 10.3. The summed E-state index contributed by atoms with van der Waals surface area (Å²) in [4.78, 5) is 11.0. The maximum Gasteiger partial charge on any atom is 0.249 e. The van der Waals surface area contributed by atoms with E-state index in [0.29, 0.717) is 6.42 Å². The van der Waals surface area contributed by atoms with Crippen molar-refractivity contribution >= 4 is 5.91 Å². The molecular weight excluding hydrogens is 202 g/mol. The van der Waals surface area contributed by atoms with Crippen molar-refractivity contribution in [3.05, 3.63) is 0 Å². The lowest BCUT2D eigenvalue weighted by atomic mass is 9.93. The Bertz CT molecular complexity index is 233. The van der Waals surface area contributed by atoms with Crippen LogP contribution in [-0.4, -0.2) is 53.7 Å². The molecule has 6 nitrogen and oxygen atoms in total. The molecule has 5 atom stereocenters. The number of carbonyl (C=O) groups excluding carboxylic acids is 1. The summed E-state index contributed by atoms with van der Waals surface area (Å²) in [6.45, 7) is 1.83. The van der Waals surface area contributed by atoms with Gasteiger partial charge in [-0.15, -0.1) is 0 Å². The Morgan fingerprint density at radius 1 is 1.47 bits per heavy atom. The fourth-order valence-electron chi connectivity index (χ4n) is 1.79. The van der Waals surface area contributed by atoms with E-state index in [2.05, 4.69) is 0 Å². The quantitative estimate of drug-likeness (QED) is 0.530. The third kappa shape index (κ3) is 2.28. The number of amides is 1. The summed E-state index contributed by atoms with van der Waals surface area (Å²) in [6.07, 6.45) is -4.18. The van der Waals surface area contributed by atoms with Crippen LogP contribution in [0.5, 0.6) is 0 Å². The van der Waals surface area contributed by atoms with Crippen molar-refractivity contribution in [2.24, 2.45) is 5.73 Å². The summed E-state index contributed by atoms with van der Waals surface area (Å²) >= 11 is 0. The fraction of sp³-hybridized carbons (Fsp3) is 0.889. The molecule has 1 heterocycles. The van der Waals surface area contributed by atoms with Crippen molar-refractivity contribution in [2.75, 3.05) is 7.11 Å². The van der Waals surface area contributed by atoms with Crippen LogP contribution in [0.15, 0.2) is 0 Å². The van der Waals surface area contributed by atoms with Crippen molar-refractivity contribution in [1.82, 2.24) is 0 Å². The van der Waals surface area contributed by atoms with Crippen LogP contribution in [-0.2, 0) is 14.3 Å². The van der Waals surface area contributed by atoms with Crippen molar-refractivity contribution in [2.45, 2.75) is 43.9 Å². The first-order valence-electron chi connectivity index (χ1n) is 4.86. The second-order valence-electron chi connectivity index (χ2n) is 3.59. The second-order valence-corrected chi connectivity index (χ2v) is 3.59. The zero-order valence-electron chi connectivity index (χ0n) is 8.79. The van der Waals surface area contributed by atoms with Gasteiger partial charge in [-0.25, -0.2) is 0 Å². The molecule has 1 rings (SSSR count). The fourth-order valence-corrected chi connectivity index (χ4v) is 1.79. The van der Waals surface area contributed by atoms with Crippen LogP contribution in [0.2, 0.25) is 0 Å². The van der Waals surface area contributed by atoms with Crippen molar-refractivity contribution in [3.63, 3.8) is 0 Å². The molecule has 0 saturated carbocycles. The van der Waals surface area contributed by atoms with Gasteiger partial charge in [-0.2, -0.15) is 0 Å². The Morgan fingerprint density at radius 3 is 2.47 bits per heavy atom. The monoisotopic (exact) mass is 219 g/mol. The molecule has 1 aliphatic heterocycles. The predicted molar refractivity (Wildman–Crippen MR) is 51.0 cm³/mol. The standard InChI is InChI=1S/C9H17NO5/c1-3-4-7(14-2)5(11)6(12)8(15-4)9(10)13/h4-8,11-12H,3H2,1-2H3,(H2,10,13). The highest BCUT2D eigenvalue weighted by atomic mass is 16.6. The third-order valence-electron chi connectivity index (χ3n) is 2.64. The molecule has 0 aliphatic carbocycles. The van der Waals surface area contributed by atoms with Gasteiger partial charge in [0.05, 0.1) is 6.10 Å². The van der Waals surface area contributed by atoms with Crippen LogP contribution in [0.1, 0.15) is 13.3 Å². The van der Waals surface area contributed by atoms with Crippen molar-refractivity contribution < 1.29 is 24.5 Å². The van der Waals surface area contributed by atoms with Gasteiger partial charge in [0.25, 0.3) is 0 Å². The zero-order valence-corrected chi connectivity index (χ0v) is 8.79. The number of methoxy groups -OCH3 is 1. The van der Waals surface area contributed by atoms with Gasteiger partial charge in [0, 0.05) is 7.11 Å². The van der Waals surface area contributed by atoms with Crippen LogP contribution < -0.4 is 5.73 Å². The molecule has 15 heavy (non-hydrogen) atoms. The molecule has 0 aromatic carbocycles. The van der Waals surface area contributed by atoms with Crippen LogP contribution >= 0.6 is 0 Å². The molecular formula is C9H17NO5. The number of ether oxygens (including phenoxy) is 2. The molecule has 0 aromatic heterocycles. The predicted octanol–water partition coefficient (Wildman–Crippen LogP) is -1.61. The largest absolute Gasteiger partial charge is 0.387 e. The minimum absolute atomic E-state index is 0.439. The van der Waals surface area contributed by atoms with E-state index in [-0.39, 0.29) is 0 Å². The van der Waals surface area contributed by atoms with E-state index in [1.54, 1.807) is 0 Å². The van der Waals surface area contributed by atoms with E-state index in [0.717, 1.165) is 0 Å². The lowest BCUT2D eigenvalue weighted by Crippen LogP contribution is -2.61. The summed E-state index contributed by atoms with van der Waals surface area (Å²) in [6, 6.07) is 0. The van der Waals surface area contributed by atoms with Crippen molar-refractivity contribution in [1.29, 1.82) is 0 Å². The number of aliphatic hydroxyl groups excluding tert-OH is 2. The maximum absolute atomic E-state index is 11.0. The number of hydrogen-bond acceptors (Lipinski definition) is 5. The number of aliphatic hydroxyl groups is 2. The first-order chi connectivity index (χ1) is 7.02. The number of nitrogens with two attached hydrogens (primary N) is 1. The number of hydrogen-bond donors (Lipinski definition) is 3. The van der Waals surface area contributed by atoms with Crippen LogP contribution in [0.4, 0.5) is 0 Å². The van der Waals surface area contributed by atoms with Gasteiger partial charge in [-0.05, 0) is 6.42 Å². The summed E-state index contributed by atoms with van der Waals surface area (Å²) in [5.41, 5.74) is 5.05. The second kappa shape index (κ2) is 4.89. The summed E-state index contributed by atoms with van der Waals surface area (Å²) in [5, 5.41) is 19.3. The van der Waals surface area contributed by atoms with E-state index in [1.165, 1.54) is 7.11 Å². The molecule has 1 saturated heterocycles. The van der Waals surface area contributed by atoms with E-state index in [1.807, 2.05) is 6.92 Å². The SMILES string of the molecule is CCC1OC(C(N)=O)C(O)C(O)C1OC. The van der Waals surface area contributed by atoms with Gasteiger partial charge in [-0.1, -0.05) is 6.92 Å². The minimum Gasteiger partial charge on any atom is -0.387 e. The molecule has 1 fully saturated rings. The number of carbonyl (C=O) groups is 1. The van der Waals surface area contributed by atoms with Gasteiger partial charge in [0.15, 0.2) is 6.10 Å². The smallest absolute Gasteiger partial charge is 0.249 e. The van der Waals surface area contributed by atoms with Crippen LogP contribution in [0.3, 0.4) is 0 Å². The van der Waals surface area contributed by atoms with E-state index < -0.39 is 36.4 Å². The highest BCUT2D eigenvalue weighted by molar-refractivity contribution is 5.79. The van der Waals surface area contributed by atoms with Crippen molar-refractivity contribution in [3.8, 4) is 0 Å². The van der Waals surface area contributed by atoms with Gasteiger partial charge < -0.3 is 25.4 Å². The number of rotatable bonds is 3. The first-order valence-corrected chi connectivity index (χ1v) is 4.86. The molecule has 0 aromatic rings. The topological polar surface area (TPSA) is 102 Å². The summed E-state index contributed by atoms with van der Waals surface area (Å²) in [7, 11) is 1.41. The lowest BCUT2D eigenvalue weighted by Gasteiger charge is -2.40. The van der Waals surface area contributed by atoms with Crippen LogP contribution in [0.25, 0.3) is 0 Å². The normalized spacial score (nSPS) is 41.5. The Labute approximate surface area is 88.0 Å². The first kappa shape index (κ1) is 12.4. The zero-order chi connectivity index (χ0) is 11.6. The molecule has 0 spiro atoms. The molecule has 1 amide bonds. The molecule has 88 valence electrons. The molecule has 4 N–H and O–H groups in total. The third-order valence-corrected chi connectivity index (χ3v) is 2.64. The van der Waals surface area contributed by atoms with Gasteiger partial charge in [0.1, 0.15) is 18.3 Å². The number of primary amides is 1. The summed E-state index contributed by atoms with van der Waals surface area (Å²) in [5.74, 6) is -0.783. The molecule has 0 radical (unpaired) electrons. The van der Waals surface area contributed by atoms with Gasteiger partial charge in [-0.3, -0.25) is 4.79 Å². The molecule has 6 heteroatoms. The average molecular weight is 219 g/mol. The van der Waals surface area contributed by atoms with Crippen LogP contribution in [0, 0.1) is 0 Å². The van der Waals surface area contributed by atoms with E-state index in [4.69, 9.17) is 15.2 Å². The highest BCUT2D eigenvalue weighted by Gasteiger charge is 2.46. The molecule has 1 aliphatic rings. The molecule has 5 unspecified atom stereocenters. The Balaban J connectivity index is 2.82. The Morgan fingerprint density at radius 2 is 2.07 bits per heavy atom. The van der Waals surface area contributed by atoms with Gasteiger partial charge in [0.2, 0.25) is 5.91 Å². The molecule has 0 bridgehead atoms. The van der Waals surface area contributed by atoms with E-state index in [9.17, 15) is 15.0 Å². The average Bonchev–Trinajstić information content (AvgIpc) is 2.21. The maximum atomic E-state index is 11.0. The highest BCUT2D eigenvalue weighted by Crippen LogP contribution is 2.24. The minimum atomic E-state index is -1.34.